The van der Waals surface area contributed by atoms with E-state index in [1.54, 1.807) is 0 Å². The van der Waals surface area contributed by atoms with Gasteiger partial charge in [-0.3, -0.25) is 4.79 Å². The van der Waals surface area contributed by atoms with Crippen LogP contribution in [0.2, 0.25) is 0 Å². The summed E-state index contributed by atoms with van der Waals surface area (Å²) in [6, 6.07) is -0.910. The van der Waals surface area contributed by atoms with E-state index in [0.29, 0.717) is 12.8 Å². The summed E-state index contributed by atoms with van der Waals surface area (Å²) >= 11 is 0. The fourth-order valence-corrected chi connectivity index (χ4v) is 12.2. The molecule has 19 heteroatoms. The van der Waals surface area contributed by atoms with Crippen molar-refractivity contribution in [2.45, 2.75) is 356 Å². The number of carbonyl (C=O) groups is 1. The van der Waals surface area contributed by atoms with Crippen molar-refractivity contribution in [3.05, 3.63) is 97.2 Å². The summed E-state index contributed by atoms with van der Waals surface area (Å²) in [5.41, 5.74) is 0. The van der Waals surface area contributed by atoms with Gasteiger partial charge in [0.1, 0.15) is 73.2 Å². The summed E-state index contributed by atoms with van der Waals surface area (Å²) in [6.45, 7) is 1.68. The summed E-state index contributed by atoms with van der Waals surface area (Å²) in [4.78, 5) is 13.5. The number of carbonyl (C=O) groups excluding carboxylic acids is 1. The minimum Gasteiger partial charge on any atom is -0.394 e. The second-order valence-corrected chi connectivity index (χ2v) is 26.4. The Balaban J connectivity index is 1.42. The van der Waals surface area contributed by atoms with Crippen molar-refractivity contribution in [2.24, 2.45) is 0 Å². The maximum atomic E-state index is 13.5. The van der Waals surface area contributed by atoms with E-state index in [9.17, 15) is 61.0 Å². The minimum atomic E-state index is -1.98. The number of nitrogens with one attached hydrogen (secondary N) is 1. The molecule has 3 rings (SSSR count). The number of hydrogen-bond donors (Lipinski definition) is 12. The molecule has 96 heavy (non-hydrogen) atoms. The third kappa shape index (κ3) is 37.9. The van der Waals surface area contributed by atoms with Crippen LogP contribution in [-0.2, 0) is 33.2 Å². The quantitative estimate of drug-likeness (QED) is 0.0199. The number of unbranched alkanes of at least 4 members (excludes halogenated alkanes) is 25. The van der Waals surface area contributed by atoms with Crippen molar-refractivity contribution in [3.63, 3.8) is 0 Å². The van der Waals surface area contributed by atoms with Crippen LogP contribution in [0.3, 0.4) is 0 Å². The highest BCUT2D eigenvalue weighted by atomic mass is 16.8. The van der Waals surface area contributed by atoms with Gasteiger partial charge in [-0.2, -0.15) is 0 Å². The Kier molecular flexibility index (Phi) is 51.9. The van der Waals surface area contributed by atoms with Gasteiger partial charge >= 0.3 is 0 Å². The van der Waals surface area contributed by atoms with Crippen LogP contribution < -0.4 is 5.32 Å². The highest BCUT2D eigenvalue weighted by Crippen LogP contribution is 2.33. The molecule has 3 saturated heterocycles. The monoisotopic (exact) mass is 1360 g/mol. The van der Waals surface area contributed by atoms with E-state index in [2.05, 4.69) is 116 Å². The molecule has 3 heterocycles. The van der Waals surface area contributed by atoms with Crippen LogP contribution in [0.4, 0.5) is 0 Å². The van der Waals surface area contributed by atoms with Gasteiger partial charge in [0.2, 0.25) is 5.91 Å². The van der Waals surface area contributed by atoms with E-state index in [0.717, 1.165) is 103 Å². The summed E-state index contributed by atoms with van der Waals surface area (Å²) in [7, 11) is 0. The highest BCUT2D eigenvalue weighted by molar-refractivity contribution is 5.76. The van der Waals surface area contributed by atoms with E-state index in [1.165, 1.54) is 116 Å². The summed E-state index contributed by atoms with van der Waals surface area (Å²) in [6.07, 6.45) is 49.0. The fraction of sp³-hybridized carbons (Fsp3) is 0.779. The lowest BCUT2D eigenvalue weighted by atomic mass is 9.96. The van der Waals surface area contributed by atoms with Gasteiger partial charge in [0, 0.05) is 6.42 Å². The molecule has 3 aliphatic rings. The average molecular weight is 1360 g/mol. The minimum absolute atomic E-state index is 0.231. The molecule has 0 radical (unpaired) electrons. The molecule has 0 spiro atoms. The molecule has 12 N–H and O–H groups in total. The zero-order valence-corrected chi connectivity index (χ0v) is 58.8. The number of aliphatic hydroxyl groups excluding tert-OH is 11. The molecule has 0 bridgehead atoms. The van der Waals surface area contributed by atoms with Crippen molar-refractivity contribution in [3.8, 4) is 0 Å². The molecule has 17 atom stereocenters. The zero-order chi connectivity index (χ0) is 69.6. The fourth-order valence-electron chi connectivity index (χ4n) is 12.2. The number of aliphatic hydroxyl groups is 11. The van der Waals surface area contributed by atoms with Crippen molar-refractivity contribution in [2.75, 3.05) is 26.4 Å². The highest BCUT2D eigenvalue weighted by Gasteiger charge is 2.53. The Morgan fingerprint density at radius 2 is 0.719 bits per heavy atom. The average Bonchev–Trinajstić information content (AvgIpc) is 0.787. The molecule has 1 amide bonds. The van der Waals surface area contributed by atoms with Crippen molar-refractivity contribution in [1.82, 2.24) is 5.32 Å². The first-order valence-electron chi connectivity index (χ1n) is 37.5. The lowest BCUT2D eigenvalue weighted by molar-refractivity contribution is -0.379. The number of allylic oxidation sites excluding steroid dienone is 16. The van der Waals surface area contributed by atoms with Crippen LogP contribution >= 0.6 is 0 Å². The third-order valence-corrected chi connectivity index (χ3v) is 18.2. The Labute approximate surface area is 577 Å². The predicted molar refractivity (Wildman–Crippen MR) is 378 cm³/mol. The van der Waals surface area contributed by atoms with Crippen LogP contribution in [0.5, 0.6) is 0 Å². The van der Waals surface area contributed by atoms with Crippen LogP contribution in [0, 0.1) is 0 Å². The van der Waals surface area contributed by atoms with E-state index in [-0.39, 0.29) is 18.9 Å². The van der Waals surface area contributed by atoms with Gasteiger partial charge in [-0.1, -0.05) is 265 Å². The van der Waals surface area contributed by atoms with E-state index in [1.807, 2.05) is 0 Å². The maximum absolute atomic E-state index is 13.5. The van der Waals surface area contributed by atoms with Gasteiger partial charge < -0.3 is 89.9 Å². The number of hydrogen-bond acceptors (Lipinski definition) is 18. The lowest BCUT2D eigenvalue weighted by Crippen LogP contribution is -2.66. The molecule has 17 unspecified atom stereocenters. The largest absolute Gasteiger partial charge is 0.394 e. The number of rotatable bonds is 57. The smallest absolute Gasteiger partial charge is 0.220 e. The molecule has 3 aliphatic heterocycles. The van der Waals surface area contributed by atoms with Gasteiger partial charge in [0.15, 0.2) is 18.9 Å². The molecule has 554 valence electrons. The van der Waals surface area contributed by atoms with Crippen LogP contribution in [0.15, 0.2) is 97.2 Å². The Hall–Kier alpha value is -3.29. The standard InChI is InChI=1S/C77H133NO18/c1-3-5-7-9-11-13-15-17-19-21-23-25-27-28-29-30-31-32-33-35-37-39-41-43-45-47-49-51-53-55-65(83)78-60(61(82)54-52-50-48-46-44-42-40-38-36-34-26-24-22-20-18-16-14-12-10-8-6-4-2)59-91-75-71(89)68(86)73(63(57-80)93-75)96-77-72(90)69(87)74(64(58-81)94-77)95-76-70(88)67(85)66(84)62(56-79)92-76/h5,7,11,13,17,19,23,25,28-29,31-32,35,37,41,43,60-64,66-77,79-82,84-90H,3-4,6,8-10,12,14-16,18,20-22,24,26-27,30,33-34,36,38-40,42,44-59H2,1-2H3,(H,78,83)/b7-5-,13-11-,19-17-,25-23-,29-28-,32-31-,37-35-,43-41-. The van der Waals surface area contributed by atoms with E-state index >= 15 is 0 Å². The summed E-state index contributed by atoms with van der Waals surface area (Å²) in [5.74, 6) is -0.269. The molecule has 0 aromatic heterocycles. The maximum Gasteiger partial charge on any atom is 0.220 e. The molecule has 0 aromatic rings. The Morgan fingerprint density at radius 1 is 0.385 bits per heavy atom. The first kappa shape index (κ1) is 86.9. The molecule has 0 aromatic carbocycles. The lowest BCUT2D eigenvalue weighted by Gasteiger charge is -2.48. The SMILES string of the molecule is CC/C=C\C/C=C\C/C=C\C/C=C\C/C=C\C/C=C\C/C=C\C/C=C\CCCCCCC(=O)NC(COC1OC(CO)C(OC2OC(CO)C(OC3OC(CO)C(O)C(O)C3O)C(O)C2O)C(O)C1O)C(O)CCCCCCCCCCCCCCCCCCCCCCCC. The van der Waals surface area contributed by atoms with E-state index < -0.39 is 124 Å². The van der Waals surface area contributed by atoms with E-state index in [4.69, 9.17) is 28.4 Å². The molecule has 3 fully saturated rings. The molecule has 0 saturated carbocycles. The van der Waals surface area contributed by atoms with Crippen LogP contribution in [0.25, 0.3) is 0 Å². The van der Waals surface area contributed by atoms with Gasteiger partial charge in [-0.15, -0.1) is 0 Å². The zero-order valence-electron chi connectivity index (χ0n) is 58.8. The molecule has 19 nitrogen and oxygen atoms in total. The predicted octanol–water partition coefficient (Wildman–Crippen LogP) is 11.2. The molecular weight excluding hydrogens is 1230 g/mol. The summed E-state index contributed by atoms with van der Waals surface area (Å²) in [5, 5.41) is 121. The van der Waals surface area contributed by atoms with Crippen LogP contribution in [0.1, 0.15) is 251 Å². The molecule has 0 aliphatic carbocycles. The number of amides is 1. The van der Waals surface area contributed by atoms with Crippen LogP contribution in [-0.4, -0.2) is 193 Å². The number of ether oxygens (including phenoxy) is 6. The third-order valence-electron chi connectivity index (χ3n) is 18.2. The molecular formula is C77H133NO18. The van der Waals surface area contributed by atoms with Gasteiger partial charge in [-0.25, -0.2) is 0 Å². The second-order valence-electron chi connectivity index (χ2n) is 26.4. The Morgan fingerprint density at radius 3 is 1.12 bits per heavy atom. The van der Waals surface area contributed by atoms with Crippen molar-refractivity contribution < 1.29 is 89.4 Å². The normalized spacial score (nSPS) is 27.6. The van der Waals surface area contributed by atoms with Gasteiger partial charge in [-0.05, 0) is 77.0 Å². The topological polar surface area (TPSA) is 307 Å². The Bertz CT molecular complexity index is 2110. The first-order valence-corrected chi connectivity index (χ1v) is 37.5. The van der Waals surface area contributed by atoms with Crippen molar-refractivity contribution >= 4 is 5.91 Å². The summed E-state index contributed by atoms with van der Waals surface area (Å²) < 4.78 is 34.5. The van der Waals surface area contributed by atoms with Crippen molar-refractivity contribution in [1.29, 1.82) is 0 Å². The van der Waals surface area contributed by atoms with Gasteiger partial charge in [0.25, 0.3) is 0 Å². The van der Waals surface area contributed by atoms with Gasteiger partial charge in [0.05, 0.1) is 38.6 Å². The first-order chi connectivity index (χ1) is 46.8. The second kappa shape index (κ2) is 57.3.